The Morgan fingerprint density at radius 1 is 0.824 bits per heavy atom. The molecule has 0 radical (unpaired) electrons. The Morgan fingerprint density at radius 3 is 2.59 bits per heavy atom. The molecule has 3 heteroatoms. The second-order valence-corrected chi connectivity index (χ2v) is 3.91. The molecule has 17 heavy (non-hydrogen) atoms. The molecule has 0 unspecified atom stereocenters. The second kappa shape index (κ2) is 3.87. The van der Waals surface area contributed by atoms with Crippen molar-refractivity contribution in [2.45, 2.75) is 0 Å². The van der Waals surface area contributed by atoms with Crippen molar-refractivity contribution < 1.29 is 0 Å². The first-order valence-corrected chi connectivity index (χ1v) is 5.41. The molecule has 0 amide bonds. The zero-order chi connectivity index (χ0) is 11.7. The van der Waals surface area contributed by atoms with E-state index in [-0.39, 0.29) is 0 Å². The fraction of sp³-hybridized carbons (Fsp3) is 0. The molecule has 1 heterocycles. The molecule has 0 spiro atoms. The van der Waals surface area contributed by atoms with Gasteiger partial charge in [0, 0.05) is 16.6 Å². The van der Waals surface area contributed by atoms with Gasteiger partial charge >= 0.3 is 0 Å². The summed E-state index contributed by atoms with van der Waals surface area (Å²) in [6, 6.07) is 17.6. The van der Waals surface area contributed by atoms with Crippen molar-refractivity contribution in [3.05, 3.63) is 54.6 Å². The second-order valence-electron chi connectivity index (χ2n) is 3.91. The van der Waals surface area contributed by atoms with E-state index in [1.165, 1.54) is 0 Å². The van der Waals surface area contributed by atoms with Crippen molar-refractivity contribution >= 4 is 16.6 Å². The van der Waals surface area contributed by atoms with E-state index in [1.54, 1.807) is 0 Å². The first-order valence-electron chi connectivity index (χ1n) is 5.41. The third-order valence-electron chi connectivity index (χ3n) is 2.68. The SMILES string of the molecule is Nc1cccc(-c2cc3ccccc3nn2)c1. The van der Waals surface area contributed by atoms with Crippen LogP contribution >= 0.6 is 0 Å². The first-order chi connectivity index (χ1) is 8.33. The highest BCUT2D eigenvalue weighted by Crippen LogP contribution is 2.21. The Kier molecular flexibility index (Phi) is 2.22. The number of hydrogen-bond acceptors (Lipinski definition) is 3. The minimum absolute atomic E-state index is 0.734. The van der Waals surface area contributed by atoms with E-state index in [0.29, 0.717) is 0 Å². The monoisotopic (exact) mass is 221 g/mol. The van der Waals surface area contributed by atoms with Gasteiger partial charge < -0.3 is 5.73 Å². The van der Waals surface area contributed by atoms with E-state index in [9.17, 15) is 0 Å². The third-order valence-corrected chi connectivity index (χ3v) is 2.68. The molecule has 2 N–H and O–H groups in total. The summed E-state index contributed by atoms with van der Waals surface area (Å²) in [5.74, 6) is 0. The van der Waals surface area contributed by atoms with Crippen molar-refractivity contribution in [1.82, 2.24) is 10.2 Å². The number of aromatic nitrogens is 2. The number of nitrogens with zero attached hydrogens (tertiary/aromatic N) is 2. The van der Waals surface area contributed by atoms with E-state index in [2.05, 4.69) is 10.2 Å². The predicted octanol–water partition coefficient (Wildman–Crippen LogP) is 2.88. The minimum atomic E-state index is 0.734. The van der Waals surface area contributed by atoms with Gasteiger partial charge in [-0.05, 0) is 24.3 Å². The van der Waals surface area contributed by atoms with Gasteiger partial charge in [-0.2, -0.15) is 0 Å². The summed E-state index contributed by atoms with van der Waals surface area (Å²) in [7, 11) is 0. The first kappa shape index (κ1) is 9.78. The highest BCUT2D eigenvalue weighted by atomic mass is 15.1. The van der Waals surface area contributed by atoms with Crippen LogP contribution in [0.15, 0.2) is 54.6 Å². The maximum Gasteiger partial charge on any atom is 0.0936 e. The molecule has 0 bridgehead atoms. The largest absolute Gasteiger partial charge is 0.399 e. The van der Waals surface area contributed by atoms with Gasteiger partial charge in [-0.1, -0.05) is 30.3 Å². The summed E-state index contributed by atoms with van der Waals surface area (Å²) in [6.45, 7) is 0. The Bertz CT molecular complexity index is 677. The van der Waals surface area contributed by atoms with E-state index >= 15 is 0 Å². The van der Waals surface area contributed by atoms with Crippen LogP contribution in [0.5, 0.6) is 0 Å². The highest BCUT2D eigenvalue weighted by molar-refractivity contribution is 5.81. The topological polar surface area (TPSA) is 51.8 Å². The molecule has 0 atom stereocenters. The number of fused-ring (bicyclic) bond motifs is 1. The number of benzene rings is 2. The summed E-state index contributed by atoms with van der Waals surface area (Å²) in [6.07, 6.45) is 0. The molecule has 3 nitrogen and oxygen atoms in total. The summed E-state index contributed by atoms with van der Waals surface area (Å²) < 4.78 is 0. The van der Waals surface area contributed by atoms with Gasteiger partial charge in [-0.25, -0.2) is 0 Å². The van der Waals surface area contributed by atoms with E-state index in [1.807, 2.05) is 54.6 Å². The van der Waals surface area contributed by atoms with Crippen LogP contribution in [0.3, 0.4) is 0 Å². The Balaban J connectivity index is 2.18. The fourth-order valence-electron chi connectivity index (χ4n) is 1.82. The van der Waals surface area contributed by atoms with Crippen LogP contribution in [0.4, 0.5) is 5.69 Å². The molecule has 2 aromatic carbocycles. The maximum atomic E-state index is 5.76. The summed E-state index contributed by atoms with van der Waals surface area (Å²) in [5, 5.41) is 9.49. The van der Waals surface area contributed by atoms with Crippen LogP contribution < -0.4 is 5.73 Å². The third kappa shape index (κ3) is 1.83. The minimum Gasteiger partial charge on any atom is -0.399 e. The molecule has 0 saturated heterocycles. The lowest BCUT2D eigenvalue weighted by molar-refractivity contribution is 1.08. The van der Waals surface area contributed by atoms with Gasteiger partial charge in [-0.3, -0.25) is 0 Å². The number of rotatable bonds is 1. The van der Waals surface area contributed by atoms with Gasteiger partial charge in [0.1, 0.15) is 0 Å². The highest BCUT2D eigenvalue weighted by Gasteiger charge is 2.02. The number of nitrogen functional groups attached to an aromatic ring is 1. The molecular formula is C14H11N3. The molecule has 3 aromatic rings. The molecule has 0 aliphatic carbocycles. The average molecular weight is 221 g/mol. The van der Waals surface area contributed by atoms with Gasteiger partial charge in [-0.15, -0.1) is 10.2 Å². The lowest BCUT2D eigenvalue weighted by Crippen LogP contribution is -1.90. The zero-order valence-corrected chi connectivity index (χ0v) is 9.17. The Hall–Kier alpha value is -2.42. The van der Waals surface area contributed by atoms with E-state index < -0.39 is 0 Å². The van der Waals surface area contributed by atoms with E-state index in [0.717, 1.165) is 27.8 Å². The number of hydrogen-bond donors (Lipinski definition) is 1. The van der Waals surface area contributed by atoms with Crippen molar-refractivity contribution in [1.29, 1.82) is 0 Å². The van der Waals surface area contributed by atoms with Gasteiger partial charge in [0.25, 0.3) is 0 Å². The van der Waals surface area contributed by atoms with Crippen LogP contribution in [0.25, 0.3) is 22.2 Å². The normalized spacial score (nSPS) is 10.6. The van der Waals surface area contributed by atoms with Crippen molar-refractivity contribution in [3.63, 3.8) is 0 Å². The smallest absolute Gasteiger partial charge is 0.0936 e. The molecule has 82 valence electrons. The molecule has 1 aromatic heterocycles. The predicted molar refractivity (Wildman–Crippen MR) is 69.4 cm³/mol. The Morgan fingerprint density at radius 2 is 1.71 bits per heavy atom. The Labute approximate surface area is 98.9 Å². The molecule has 0 aliphatic rings. The lowest BCUT2D eigenvalue weighted by atomic mass is 10.1. The lowest BCUT2D eigenvalue weighted by Gasteiger charge is -2.02. The standard InChI is InChI=1S/C14H11N3/c15-12-6-3-5-10(8-12)14-9-11-4-1-2-7-13(11)16-17-14/h1-9H,15H2. The molecule has 0 fully saturated rings. The van der Waals surface area contributed by atoms with Crippen LogP contribution in [0, 0.1) is 0 Å². The molecule has 3 rings (SSSR count). The summed E-state index contributed by atoms with van der Waals surface area (Å²) in [5.41, 5.74) is 9.23. The van der Waals surface area contributed by atoms with Crippen molar-refractivity contribution in [2.24, 2.45) is 0 Å². The fourth-order valence-corrected chi connectivity index (χ4v) is 1.82. The van der Waals surface area contributed by atoms with Gasteiger partial charge in [0.15, 0.2) is 0 Å². The van der Waals surface area contributed by atoms with Crippen molar-refractivity contribution in [2.75, 3.05) is 5.73 Å². The zero-order valence-electron chi connectivity index (χ0n) is 9.17. The molecule has 0 saturated carbocycles. The number of anilines is 1. The van der Waals surface area contributed by atoms with E-state index in [4.69, 9.17) is 5.73 Å². The van der Waals surface area contributed by atoms with Crippen LogP contribution in [0.2, 0.25) is 0 Å². The quantitative estimate of drug-likeness (QED) is 0.643. The maximum absolute atomic E-state index is 5.76. The number of nitrogens with two attached hydrogens (primary N) is 1. The van der Waals surface area contributed by atoms with Crippen LogP contribution in [-0.4, -0.2) is 10.2 Å². The molecular weight excluding hydrogens is 210 g/mol. The summed E-state index contributed by atoms with van der Waals surface area (Å²) >= 11 is 0. The average Bonchev–Trinajstić information content (AvgIpc) is 2.38. The van der Waals surface area contributed by atoms with Gasteiger partial charge in [0.05, 0.1) is 11.2 Å². The van der Waals surface area contributed by atoms with Crippen molar-refractivity contribution in [3.8, 4) is 11.3 Å². The summed E-state index contributed by atoms with van der Waals surface area (Å²) in [4.78, 5) is 0. The van der Waals surface area contributed by atoms with Crippen LogP contribution in [0.1, 0.15) is 0 Å². The molecule has 0 aliphatic heterocycles. The van der Waals surface area contributed by atoms with Crippen LogP contribution in [-0.2, 0) is 0 Å². The van der Waals surface area contributed by atoms with Gasteiger partial charge in [0.2, 0.25) is 0 Å².